The van der Waals surface area contributed by atoms with Gasteiger partial charge in [0.1, 0.15) is 5.69 Å². The summed E-state index contributed by atoms with van der Waals surface area (Å²) in [6.07, 6.45) is 5.59. The van der Waals surface area contributed by atoms with E-state index in [4.69, 9.17) is 0 Å². The molecule has 0 radical (unpaired) electrons. The van der Waals surface area contributed by atoms with Gasteiger partial charge in [0.15, 0.2) is 0 Å². The van der Waals surface area contributed by atoms with Crippen LogP contribution in [0.1, 0.15) is 48.9 Å². The zero-order chi connectivity index (χ0) is 17.1. The average molecular weight is 327 g/mol. The second-order valence-electron chi connectivity index (χ2n) is 6.57. The van der Waals surface area contributed by atoms with E-state index < -0.39 is 0 Å². The van der Waals surface area contributed by atoms with E-state index in [0.29, 0.717) is 11.7 Å². The summed E-state index contributed by atoms with van der Waals surface area (Å²) in [7, 11) is 0. The Morgan fingerprint density at radius 3 is 2.46 bits per heavy atom. The lowest BCUT2D eigenvalue weighted by molar-refractivity contribution is 0.0575. The van der Waals surface area contributed by atoms with Gasteiger partial charge in [0.25, 0.3) is 5.91 Å². The van der Waals surface area contributed by atoms with Crippen molar-refractivity contribution in [3.05, 3.63) is 48.0 Å². The second-order valence-corrected chi connectivity index (χ2v) is 6.57. The number of carbonyl (C=O) groups excluding carboxylic acids is 1. The largest absolute Gasteiger partial charge is 0.335 e. The fourth-order valence-electron chi connectivity index (χ4n) is 3.05. The van der Waals surface area contributed by atoms with Gasteiger partial charge in [-0.05, 0) is 38.5 Å². The van der Waals surface area contributed by atoms with Crippen LogP contribution in [-0.2, 0) is 0 Å². The Labute approximate surface area is 143 Å². The Bertz CT molecular complexity index is 674. The van der Waals surface area contributed by atoms with Crippen LogP contribution in [0.25, 0.3) is 0 Å². The number of pyridine rings is 1. The first-order valence-electron chi connectivity index (χ1n) is 8.54. The minimum atomic E-state index is 0.0306. The normalized spacial score (nSPS) is 17.2. The van der Waals surface area contributed by atoms with Crippen LogP contribution in [0.3, 0.4) is 0 Å². The van der Waals surface area contributed by atoms with Gasteiger partial charge >= 0.3 is 0 Å². The highest BCUT2D eigenvalue weighted by molar-refractivity contribution is 5.92. The van der Waals surface area contributed by atoms with Gasteiger partial charge in [-0.15, -0.1) is 0 Å². The lowest BCUT2D eigenvalue weighted by Crippen LogP contribution is -2.49. The Balaban J connectivity index is 1.59. The Hall–Kier alpha value is -2.21. The number of nitrogens with zero attached hydrogens (tertiary/aromatic N) is 5. The Morgan fingerprint density at radius 2 is 1.88 bits per heavy atom. The second kappa shape index (κ2) is 7.13. The molecule has 0 bridgehead atoms. The fourth-order valence-corrected chi connectivity index (χ4v) is 3.05. The highest BCUT2D eigenvalue weighted by Crippen LogP contribution is 2.21. The van der Waals surface area contributed by atoms with Crippen molar-refractivity contribution in [1.82, 2.24) is 24.6 Å². The van der Waals surface area contributed by atoms with E-state index in [2.05, 4.69) is 41.8 Å². The Kier molecular flexibility index (Phi) is 4.94. The molecule has 1 aliphatic rings. The molecule has 0 spiro atoms. The first-order valence-corrected chi connectivity index (χ1v) is 8.54. The minimum Gasteiger partial charge on any atom is -0.335 e. The molecule has 0 saturated carbocycles. The molecule has 3 heterocycles. The summed E-state index contributed by atoms with van der Waals surface area (Å²) in [5.41, 5.74) is 1.76. The number of carbonyl (C=O) groups is 1. The maximum Gasteiger partial charge on any atom is 0.274 e. The van der Waals surface area contributed by atoms with Crippen molar-refractivity contribution in [1.29, 1.82) is 0 Å². The highest BCUT2D eigenvalue weighted by atomic mass is 16.2. The summed E-state index contributed by atoms with van der Waals surface area (Å²) in [6.45, 7) is 9.51. The molecule has 1 fully saturated rings. The molecule has 1 atom stereocenters. The lowest BCUT2D eigenvalue weighted by Gasteiger charge is -2.37. The predicted octanol–water partition coefficient (Wildman–Crippen LogP) is 2.38. The molecular weight excluding hydrogens is 302 g/mol. The van der Waals surface area contributed by atoms with Crippen molar-refractivity contribution in [2.75, 3.05) is 26.2 Å². The monoisotopic (exact) mass is 327 g/mol. The average Bonchev–Trinajstić information content (AvgIpc) is 3.12. The van der Waals surface area contributed by atoms with Crippen LogP contribution in [0.4, 0.5) is 0 Å². The molecule has 1 amide bonds. The van der Waals surface area contributed by atoms with Crippen LogP contribution in [-0.4, -0.2) is 56.7 Å². The summed E-state index contributed by atoms with van der Waals surface area (Å²) in [6, 6.07) is 6.47. The summed E-state index contributed by atoms with van der Waals surface area (Å²) >= 11 is 0. The number of aromatic nitrogens is 3. The summed E-state index contributed by atoms with van der Waals surface area (Å²) in [5, 5.41) is 4.39. The van der Waals surface area contributed by atoms with Gasteiger partial charge in [0.05, 0.1) is 0 Å². The van der Waals surface area contributed by atoms with Crippen molar-refractivity contribution >= 4 is 5.91 Å². The van der Waals surface area contributed by atoms with E-state index in [-0.39, 0.29) is 11.9 Å². The molecule has 24 heavy (non-hydrogen) atoms. The highest BCUT2D eigenvalue weighted by Gasteiger charge is 2.26. The van der Waals surface area contributed by atoms with Crippen molar-refractivity contribution in [3.63, 3.8) is 0 Å². The van der Waals surface area contributed by atoms with Gasteiger partial charge < -0.3 is 4.90 Å². The molecule has 0 N–H and O–H groups in total. The van der Waals surface area contributed by atoms with Gasteiger partial charge in [-0.2, -0.15) is 5.10 Å². The van der Waals surface area contributed by atoms with Crippen molar-refractivity contribution in [2.24, 2.45) is 0 Å². The molecule has 6 nitrogen and oxygen atoms in total. The lowest BCUT2D eigenvalue weighted by atomic mass is 10.1. The minimum absolute atomic E-state index is 0.0306. The molecule has 2 aromatic rings. The fraction of sp³-hybridized carbons (Fsp3) is 0.500. The van der Waals surface area contributed by atoms with Crippen LogP contribution in [0.15, 0.2) is 36.8 Å². The molecule has 1 aliphatic heterocycles. The van der Waals surface area contributed by atoms with E-state index in [1.54, 1.807) is 6.20 Å². The number of amides is 1. The van der Waals surface area contributed by atoms with E-state index in [9.17, 15) is 4.79 Å². The first kappa shape index (κ1) is 16.6. The van der Waals surface area contributed by atoms with E-state index >= 15 is 0 Å². The standard InChI is InChI=1S/C18H25N5O/c1-14(2)23-8-6-17(20-23)18(24)22-11-9-21(10-12-22)15(3)16-5-4-7-19-13-16/h4-8,13-15H,9-12H2,1-3H3. The zero-order valence-electron chi connectivity index (χ0n) is 14.6. The van der Waals surface area contributed by atoms with Crippen LogP contribution >= 0.6 is 0 Å². The first-order chi connectivity index (χ1) is 11.6. The van der Waals surface area contributed by atoms with E-state index in [1.807, 2.05) is 34.1 Å². The quantitative estimate of drug-likeness (QED) is 0.865. The molecule has 1 saturated heterocycles. The van der Waals surface area contributed by atoms with Crippen LogP contribution < -0.4 is 0 Å². The molecule has 6 heteroatoms. The van der Waals surface area contributed by atoms with Crippen LogP contribution in [0.5, 0.6) is 0 Å². The molecule has 0 aliphatic carbocycles. The summed E-state index contributed by atoms with van der Waals surface area (Å²) < 4.78 is 1.83. The topological polar surface area (TPSA) is 54.3 Å². The third-order valence-electron chi connectivity index (χ3n) is 4.67. The van der Waals surface area contributed by atoms with Crippen LogP contribution in [0.2, 0.25) is 0 Å². The van der Waals surface area contributed by atoms with Crippen molar-refractivity contribution in [2.45, 2.75) is 32.9 Å². The van der Waals surface area contributed by atoms with Crippen LogP contribution in [0, 0.1) is 0 Å². The van der Waals surface area contributed by atoms with Crippen molar-refractivity contribution < 1.29 is 4.79 Å². The molecule has 128 valence electrons. The number of rotatable bonds is 4. The summed E-state index contributed by atoms with van der Waals surface area (Å²) in [5.74, 6) is 0.0306. The van der Waals surface area contributed by atoms with Crippen molar-refractivity contribution in [3.8, 4) is 0 Å². The van der Waals surface area contributed by atoms with E-state index in [1.165, 1.54) is 5.56 Å². The number of hydrogen-bond donors (Lipinski definition) is 0. The maximum absolute atomic E-state index is 12.6. The molecule has 0 aromatic carbocycles. The molecule has 3 rings (SSSR count). The SMILES string of the molecule is CC(c1cccnc1)N1CCN(C(=O)c2ccn(C(C)C)n2)CC1. The molecule has 1 unspecified atom stereocenters. The van der Waals surface area contributed by atoms with Gasteiger partial charge in [-0.25, -0.2) is 0 Å². The van der Waals surface area contributed by atoms with Gasteiger partial charge in [-0.3, -0.25) is 19.4 Å². The van der Waals surface area contributed by atoms with Gasteiger partial charge in [-0.1, -0.05) is 6.07 Å². The maximum atomic E-state index is 12.6. The third-order valence-corrected chi connectivity index (χ3v) is 4.67. The molecule has 2 aromatic heterocycles. The smallest absolute Gasteiger partial charge is 0.274 e. The summed E-state index contributed by atoms with van der Waals surface area (Å²) in [4.78, 5) is 21.1. The predicted molar refractivity (Wildman–Crippen MR) is 92.7 cm³/mol. The van der Waals surface area contributed by atoms with Gasteiger partial charge in [0, 0.05) is 56.9 Å². The van der Waals surface area contributed by atoms with E-state index in [0.717, 1.165) is 26.2 Å². The van der Waals surface area contributed by atoms with Gasteiger partial charge in [0.2, 0.25) is 0 Å². The number of piperazine rings is 1. The zero-order valence-corrected chi connectivity index (χ0v) is 14.6. The Morgan fingerprint density at radius 1 is 1.12 bits per heavy atom. The molecular formula is C18H25N5O. The third kappa shape index (κ3) is 3.48. The number of hydrogen-bond acceptors (Lipinski definition) is 4.